The first kappa shape index (κ1) is 15.1. The van der Waals surface area contributed by atoms with Gasteiger partial charge in [-0.05, 0) is 12.1 Å². The first-order valence-corrected chi connectivity index (χ1v) is 6.05. The molecule has 0 spiro atoms. The van der Waals surface area contributed by atoms with Crippen LogP contribution >= 0.6 is 11.6 Å². The third-order valence-corrected chi connectivity index (χ3v) is 2.42. The first-order valence-electron chi connectivity index (χ1n) is 5.67. The Morgan fingerprint density at radius 2 is 1.89 bits per heavy atom. The summed E-state index contributed by atoms with van der Waals surface area (Å²) in [5, 5.41) is 0.545. The molecule has 0 heterocycles. The van der Waals surface area contributed by atoms with Gasteiger partial charge in [-0.1, -0.05) is 23.7 Å². The quantitative estimate of drug-likeness (QED) is 0.511. The van der Waals surface area contributed by atoms with Crippen LogP contribution in [0.4, 0.5) is 0 Å². The molecule has 0 atom stereocenters. The molecule has 5 heteroatoms. The van der Waals surface area contributed by atoms with Gasteiger partial charge in [-0.2, -0.15) is 0 Å². The van der Waals surface area contributed by atoms with E-state index >= 15 is 0 Å². The summed E-state index contributed by atoms with van der Waals surface area (Å²) < 4.78 is 15.2. The zero-order chi connectivity index (χ0) is 13.2. The number of methoxy groups -OCH3 is 1. The van der Waals surface area contributed by atoms with E-state index in [4.69, 9.17) is 25.8 Å². The maximum Gasteiger partial charge on any atom is 0.188 e. The van der Waals surface area contributed by atoms with Crippen molar-refractivity contribution in [3.63, 3.8) is 0 Å². The number of halogens is 1. The van der Waals surface area contributed by atoms with E-state index in [-0.39, 0.29) is 12.4 Å². The van der Waals surface area contributed by atoms with Gasteiger partial charge in [0.05, 0.1) is 26.4 Å². The zero-order valence-corrected chi connectivity index (χ0v) is 11.1. The van der Waals surface area contributed by atoms with Crippen molar-refractivity contribution < 1.29 is 19.0 Å². The molecule has 0 aliphatic rings. The topological polar surface area (TPSA) is 44.8 Å². The lowest BCUT2D eigenvalue weighted by Gasteiger charge is -2.05. The van der Waals surface area contributed by atoms with E-state index in [1.807, 2.05) is 0 Å². The average molecular weight is 273 g/mol. The number of Topliss-reactive ketones (excluding diaryl/α,β-unsaturated/α-hetero) is 1. The maximum absolute atomic E-state index is 11.7. The second-order valence-corrected chi connectivity index (χ2v) is 4.03. The first-order chi connectivity index (χ1) is 8.74. The van der Waals surface area contributed by atoms with Crippen molar-refractivity contribution in [2.75, 3.05) is 40.1 Å². The Labute approximate surface area is 112 Å². The maximum atomic E-state index is 11.7. The van der Waals surface area contributed by atoms with Gasteiger partial charge in [0.2, 0.25) is 0 Å². The van der Waals surface area contributed by atoms with Crippen molar-refractivity contribution in [3.05, 3.63) is 34.9 Å². The van der Waals surface area contributed by atoms with Crippen molar-refractivity contribution >= 4 is 17.4 Å². The molecule has 1 aromatic carbocycles. The minimum absolute atomic E-state index is 0.0357. The number of rotatable bonds is 9. The lowest BCUT2D eigenvalue weighted by Crippen LogP contribution is -2.13. The standard InChI is InChI=1S/C13H17ClO4/c1-16-5-6-17-7-8-18-10-13(15)11-3-2-4-12(14)9-11/h2-4,9H,5-8,10H2,1H3. The predicted molar refractivity (Wildman–Crippen MR) is 69.3 cm³/mol. The van der Waals surface area contributed by atoms with Crippen LogP contribution in [0, 0.1) is 0 Å². The number of carbonyl (C=O) groups is 1. The lowest BCUT2D eigenvalue weighted by molar-refractivity contribution is 0.0253. The Bertz CT molecular complexity index is 368. The number of hydrogen-bond donors (Lipinski definition) is 0. The predicted octanol–water partition coefficient (Wildman–Crippen LogP) is 2.20. The molecular formula is C13H17ClO4. The summed E-state index contributed by atoms with van der Waals surface area (Å²) in [7, 11) is 1.61. The van der Waals surface area contributed by atoms with Gasteiger partial charge in [0.15, 0.2) is 5.78 Å². The highest BCUT2D eigenvalue weighted by Crippen LogP contribution is 2.11. The summed E-state index contributed by atoms with van der Waals surface area (Å²) in [5.74, 6) is -0.0885. The molecule has 0 saturated heterocycles. The Morgan fingerprint density at radius 1 is 1.17 bits per heavy atom. The van der Waals surface area contributed by atoms with Gasteiger partial charge in [-0.3, -0.25) is 4.79 Å². The van der Waals surface area contributed by atoms with Gasteiger partial charge in [0, 0.05) is 17.7 Å². The molecule has 0 fully saturated rings. The van der Waals surface area contributed by atoms with Crippen LogP contribution in [-0.4, -0.2) is 45.9 Å². The summed E-state index contributed by atoms with van der Waals surface area (Å²) in [6, 6.07) is 6.81. The van der Waals surface area contributed by atoms with E-state index < -0.39 is 0 Å². The molecule has 0 saturated carbocycles. The Hall–Kier alpha value is -0.940. The molecule has 0 unspecified atom stereocenters. The summed E-state index contributed by atoms with van der Waals surface area (Å²) in [5.41, 5.74) is 0.558. The minimum atomic E-state index is -0.0885. The molecule has 100 valence electrons. The van der Waals surface area contributed by atoms with Crippen molar-refractivity contribution in [3.8, 4) is 0 Å². The number of ketones is 1. The molecule has 1 aromatic rings. The summed E-state index contributed by atoms with van der Waals surface area (Å²) in [6.07, 6.45) is 0. The van der Waals surface area contributed by atoms with Gasteiger partial charge in [0.1, 0.15) is 6.61 Å². The normalized spacial score (nSPS) is 10.6. The van der Waals surface area contributed by atoms with E-state index in [1.165, 1.54) is 0 Å². The number of ether oxygens (including phenoxy) is 3. The van der Waals surface area contributed by atoms with Gasteiger partial charge < -0.3 is 14.2 Å². The fourth-order valence-electron chi connectivity index (χ4n) is 1.27. The van der Waals surface area contributed by atoms with E-state index in [9.17, 15) is 4.79 Å². The molecule has 0 aliphatic carbocycles. The number of benzene rings is 1. The van der Waals surface area contributed by atoms with Gasteiger partial charge in [-0.15, -0.1) is 0 Å². The molecule has 0 bridgehead atoms. The van der Waals surface area contributed by atoms with Crippen molar-refractivity contribution in [2.24, 2.45) is 0 Å². The fraction of sp³-hybridized carbons (Fsp3) is 0.462. The monoisotopic (exact) mass is 272 g/mol. The van der Waals surface area contributed by atoms with E-state index in [1.54, 1.807) is 31.4 Å². The molecule has 1 rings (SSSR count). The van der Waals surface area contributed by atoms with Crippen LogP contribution in [0.25, 0.3) is 0 Å². The van der Waals surface area contributed by atoms with Crippen LogP contribution in [0.2, 0.25) is 5.02 Å². The second-order valence-electron chi connectivity index (χ2n) is 3.59. The minimum Gasteiger partial charge on any atom is -0.382 e. The third-order valence-electron chi connectivity index (χ3n) is 2.18. The van der Waals surface area contributed by atoms with E-state index in [0.29, 0.717) is 37.0 Å². The Balaban J connectivity index is 2.14. The Morgan fingerprint density at radius 3 is 2.61 bits per heavy atom. The molecule has 0 aromatic heterocycles. The van der Waals surface area contributed by atoms with Crippen LogP contribution in [0.3, 0.4) is 0 Å². The highest BCUT2D eigenvalue weighted by molar-refractivity contribution is 6.31. The SMILES string of the molecule is COCCOCCOCC(=O)c1cccc(Cl)c1. The Kier molecular flexibility index (Phi) is 7.60. The van der Waals surface area contributed by atoms with Gasteiger partial charge in [0.25, 0.3) is 0 Å². The molecular weight excluding hydrogens is 256 g/mol. The summed E-state index contributed by atoms with van der Waals surface area (Å²) in [4.78, 5) is 11.7. The van der Waals surface area contributed by atoms with E-state index in [2.05, 4.69) is 0 Å². The van der Waals surface area contributed by atoms with Crippen LogP contribution in [0.1, 0.15) is 10.4 Å². The summed E-state index contributed by atoms with van der Waals surface area (Å²) >= 11 is 5.80. The van der Waals surface area contributed by atoms with Gasteiger partial charge >= 0.3 is 0 Å². The van der Waals surface area contributed by atoms with Crippen LogP contribution in [-0.2, 0) is 14.2 Å². The van der Waals surface area contributed by atoms with Crippen LogP contribution in [0.5, 0.6) is 0 Å². The second kappa shape index (κ2) is 9.05. The van der Waals surface area contributed by atoms with Crippen molar-refractivity contribution in [2.45, 2.75) is 0 Å². The zero-order valence-electron chi connectivity index (χ0n) is 10.4. The highest BCUT2D eigenvalue weighted by atomic mass is 35.5. The van der Waals surface area contributed by atoms with Crippen molar-refractivity contribution in [1.29, 1.82) is 0 Å². The fourth-order valence-corrected chi connectivity index (χ4v) is 1.46. The molecule has 0 aliphatic heterocycles. The number of carbonyl (C=O) groups excluding carboxylic acids is 1. The third kappa shape index (κ3) is 6.12. The van der Waals surface area contributed by atoms with Crippen LogP contribution < -0.4 is 0 Å². The number of hydrogen-bond acceptors (Lipinski definition) is 4. The molecule has 0 N–H and O–H groups in total. The van der Waals surface area contributed by atoms with Gasteiger partial charge in [-0.25, -0.2) is 0 Å². The lowest BCUT2D eigenvalue weighted by atomic mass is 10.1. The van der Waals surface area contributed by atoms with Crippen LogP contribution in [0.15, 0.2) is 24.3 Å². The molecule has 18 heavy (non-hydrogen) atoms. The summed E-state index contributed by atoms with van der Waals surface area (Å²) in [6.45, 7) is 1.96. The molecule has 4 nitrogen and oxygen atoms in total. The van der Waals surface area contributed by atoms with Crippen molar-refractivity contribution in [1.82, 2.24) is 0 Å². The van der Waals surface area contributed by atoms with E-state index in [0.717, 1.165) is 0 Å². The molecule has 0 amide bonds. The highest BCUT2D eigenvalue weighted by Gasteiger charge is 2.05. The smallest absolute Gasteiger partial charge is 0.188 e. The molecule has 0 radical (unpaired) electrons. The average Bonchev–Trinajstić information content (AvgIpc) is 2.37. The largest absolute Gasteiger partial charge is 0.382 e.